The highest BCUT2D eigenvalue weighted by atomic mass is 35.5. The smallest absolute Gasteiger partial charge is 0.253 e. The van der Waals surface area contributed by atoms with E-state index in [9.17, 15) is 4.79 Å². The normalized spacial score (nSPS) is 20.8. The van der Waals surface area contributed by atoms with Crippen LogP contribution in [0.3, 0.4) is 0 Å². The second kappa shape index (κ2) is 7.09. The number of amides is 1. The van der Waals surface area contributed by atoms with Crippen LogP contribution in [0, 0.1) is 0 Å². The minimum Gasteiger partial charge on any atom is -0.441 e. The van der Waals surface area contributed by atoms with E-state index in [1.807, 2.05) is 19.1 Å². The van der Waals surface area contributed by atoms with Crippen LogP contribution in [0.1, 0.15) is 25.7 Å². The number of nitrogens with two attached hydrogens (primary N) is 1. The lowest BCUT2D eigenvalue weighted by atomic mass is 10.2. The zero-order valence-corrected chi connectivity index (χ0v) is 13.2. The first-order valence-corrected chi connectivity index (χ1v) is 7.25. The Balaban J connectivity index is 0.00000176. The Morgan fingerprint density at radius 3 is 2.95 bits per heavy atom. The Kier molecular flexibility index (Phi) is 5.39. The number of nitrogens with zero attached hydrogens (tertiary/aromatic N) is 1. The van der Waals surface area contributed by atoms with Gasteiger partial charge in [0, 0.05) is 18.7 Å². The SMILES string of the molecule is CCc1nc2cc(NC(=O)[C@@H]3CC[C@H](CN)O3)ccc2o1.Cl. The fraction of sp³-hybridized carbons (Fsp3) is 0.467. The molecule has 2 aromatic rings. The van der Waals surface area contributed by atoms with Crippen LogP contribution in [-0.4, -0.2) is 29.6 Å². The molecule has 3 rings (SSSR count). The van der Waals surface area contributed by atoms with Crippen LogP contribution in [0.2, 0.25) is 0 Å². The van der Waals surface area contributed by atoms with Crippen molar-refractivity contribution < 1.29 is 13.9 Å². The summed E-state index contributed by atoms with van der Waals surface area (Å²) in [4.78, 5) is 16.5. The summed E-state index contributed by atoms with van der Waals surface area (Å²) < 4.78 is 11.1. The maximum Gasteiger partial charge on any atom is 0.253 e. The molecule has 1 saturated heterocycles. The van der Waals surface area contributed by atoms with Crippen LogP contribution in [0.25, 0.3) is 11.1 Å². The van der Waals surface area contributed by atoms with Gasteiger partial charge in [-0.2, -0.15) is 0 Å². The van der Waals surface area contributed by atoms with Crippen molar-refractivity contribution in [2.75, 3.05) is 11.9 Å². The summed E-state index contributed by atoms with van der Waals surface area (Å²) >= 11 is 0. The predicted molar refractivity (Wildman–Crippen MR) is 86.2 cm³/mol. The monoisotopic (exact) mass is 325 g/mol. The van der Waals surface area contributed by atoms with Gasteiger partial charge in [-0.25, -0.2) is 4.98 Å². The number of rotatable bonds is 4. The van der Waals surface area contributed by atoms with E-state index in [0.29, 0.717) is 24.5 Å². The number of halogens is 1. The molecule has 7 heteroatoms. The third-order valence-electron chi connectivity index (χ3n) is 3.66. The number of carbonyl (C=O) groups excluding carboxylic acids is 1. The van der Waals surface area contributed by atoms with Crippen LogP contribution < -0.4 is 11.1 Å². The fourth-order valence-corrected chi connectivity index (χ4v) is 2.50. The summed E-state index contributed by atoms with van der Waals surface area (Å²) in [5.41, 5.74) is 7.72. The highest BCUT2D eigenvalue weighted by Crippen LogP contribution is 2.23. The van der Waals surface area contributed by atoms with E-state index in [2.05, 4.69) is 10.3 Å². The molecule has 0 radical (unpaired) electrons. The molecule has 2 atom stereocenters. The number of benzene rings is 1. The van der Waals surface area contributed by atoms with Crippen LogP contribution >= 0.6 is 12.4 Å². The van der Waals surface area contributed by atoms with Crippen molar-refractivity contribution in [3.05, 3.63) is 24.1 Å². The molecule has 0 spiro atoms. The van der Waals surface area contributed by atoms with Crippen LogP contribution in [-0.2, 0) is 16.0 Å². The van der Waals surface area contributed by atoms with Gasteiger partial charge in [0.15, 0.2) is 11.5 Å². The molecule has 1 amide bonds. The Morgan fingerprint density at radius 2 is 2.27 bits per heavy atom. The Labute approximate surface area is 134 Å². The number of carbonyl (C=O) groups is 1. The van der Waals surface area contributed by atoms with E-state index < -0.39 is 6.10 Å². The minimum absolute atomic E-state index is 0. The van der Waals surface area contributed by atoms with Gasteiger partial charge in [0.05, 0.1) is 6.10 Å². The number of hydrogen-bond donors (Lipinski definition) is 2. The Morgan fingerprint density at radius 1 is 1.45 bits per heavy atom. The summed E-state index contributed by atoms with van der Waals surface area (Å²) in [7, 11) is 0. The summed E-state index contributed by atoms with van der Waals surface area (Å²) in [5, 5.41) is 2.86. The lowest BCUT2D eigenvalue weighted by molar-refractivity contribution is -0.126. The summed E-state index contributed by atoms with van der Waals surface area (Å²) in [6.45, 7) is 2.44. The summed E-state index contributed by atoms with van der Waals surface area (Å²) in [5.74, 6) is 0.558. The number of hydrogen-bond acceptors (Lipinski definition) is 5. The topological polar surface area (TPSA) is 90.4 Å². The van der Waals surface area contributed by atoms with Gasteiger partial charge < -0.3 is 20.2 Å². The fourth-order valence-electron chi connectivity index (χ4n) is 2.50. The first-order valence-electron chi connectivity index (χ1n) is 7.25. The third kappa shape index (κ3) is 3.40. The lowest BCUT2D eigenvalue weighted by Gasteiger charge is -2.12. The van der Waals surface area contributed by atoms with Gasteiger partial charge in [-0.15, -0.1) is 12.4 Å². The predicted octanol–water partition coefficient (Wildman–Crippen LogP) is 2.26. The maximum absolute atomic E-state index is 12.2. The van der Waals surface area contributed by atoms with E-state index in [-0.39, 0.29) is 24.4 Å². The zero-order chi connectivity index (χ0) is 14.8. The highest BCUT2D eigenvalue weighted by Gasteiger charge is 2.29. The average molecular weight is 326 g/mol. The Hall–Kier alpha value is -1.63. The van der Waals surface area contributed by atoms with E-state index in [4.69, 9.17) is 14.9 Å². The minimum atomic E-state index is -0.419. The number of aryl methyl sites for hydroxylation is 1. The number of fused-ring (bicyclic) bond motifs is 1. The molecule has 3 N–H and O–H groups in total. The number of nitrogens with one attached hydrogen (secondary N) is 1. The third-order valence-corrected chi connectivity index (χ3v) is 3.66. The number of ether oxygens (including phenoxy) is 1. The molecule has 22 heavy (non-hydrogen) atoms. The molecule has 6 nitrogen and oxygen atoms in total. The first kappa shape index (κ1) is 16.7. The number of anilines is 1. The molecule has 1 aromatic carbocycles. The van der Waals surface area contributed by atoms with Crippen molar-refractivity contribution in [3.63, 3.8) is 0 Å². The molecule has 0 aliphatic carbocycles. The second-order valence-electron chi connectivity index (χ2n) is 5.19. The summed E-state index contributed by atoms with van der Waals surface area (Å²) in [6, 6.07) is 5.43. The van der Waals surface area contributed by atoms with Crippen LogP contribution in [0.15, 0.2) is 22.6 Å². The van der Waals surface area contributed by atoms with E-state index in [1.165, 1.54) is 0 Å². The molecule has 0 unspecified atom stereocenters. The molecule has 0 saturated carbocycles. The lowest BCUT2D eigenvalue weighted by Crippen LogP contribution is -2.29. The van der Waals surface area contributed by atoms with Crippen molar-refractivity contribution in [2.45, 2.75) is 38.4 Å². The molecule has 1 aliphatic rings. The van der Waals surface area contributed by atoms with E-state index >= 15 is 0 Å². The second-order valence-corrected chi connectivity index (χ2v) is 5.19. The molecular formula is C15H20ClN3O3. The van der Waals surface area contributed by atoms with Gasteiger partial charge in [-0.1, -0.05) is 6.92 Å². The van der Waals surface area contributed by atoms with Crippen molar-refractivity contribution in [3.8, 4) is 0 Å². The molecule has 2 heterocycles. The highest BCUT2D eigenvalue weighted by molar-refractivity contribution is 5.95. The van der Waals surface area contributed by atoms with E-state index in [1.54, 1.807) is 6.07 Å². The van der Waals surface area contributed by atoms with E-state index in [0.717, 1.165) is 23.9 Å². The Bertz CT molecular complexity index is 659. The van der Waals surface area contributed by atoms with Gasteiger partial charge >= 0.3 is 0 Å². The van der Waals surface area contributed by atoms with Crippen LogP contribution in [0.5, 0.6) is 0 Å². The van der Waals surface area contributed by atoms with Crippen molar-refractivity contribution in [1.82, 2.24) is 4.98 Å². The van der Waals surface area contributed by atoms with Gasteiger partial charge in [0.2, 0.25) is 0 Å². The van der Waals surface area contributed by atoms with Gasteiger partial charge in [-0.3, -0.25) is 4.79 Å². The zero-order valence-electron chi connectivity index (χ0n) is 12.4. The first-order chi connectivity index (χ1) is 10.2. The van der Waals surface area contributed by atoms with Gasteiger partial charge in [0.25, 0.3) is 5.91 Å². The molecule has 0 bridgehead atoms. The molecule has 1 aromatic heterocycles. The van der Waals surface area contributed by atoms with Crippen molar-refractivity contribution in [2.24, 2.45) is 5.73 Å². The standard InChI is InChI=1S/C15H19N3O3.ClH/c1-2-14-18-11-7-9(3-5-12(11)21-14)17-15(19)13-6-4-10(8-16)20-13;/h3,5,7,10,13H,2,4,6,8,16H2,1H3,(H,17,19);1H/t10-,13+;/m1./s1. The summed E-state index contributed by atoms with van der Waals surface area (Å²) in [6.07, 6.45) is 1.85. The molecular weight excluding hydrogens is 306 g/mol. The van der Waals surface area contributed by atoms with Crippen molar-refractivity contribution >= 4 is 35.1 Å². The number of aromatic nitrogens is 1. The van der Waals surface area contributed by atoms with Crippen molar-refractivity contribution in [1.29, 1.82) is 0 Å². The largest absolute Gasteiger partial charge is 0.441 e. The maximum atomic E-state index is 12.2. The van der Waals surface area contributed by atoms with Gasteiger partial charge in [0.1, 0.15) is 11.6 Å². The molecule has 1 fully saturated rings. The van der Waals surface area contributed by atoms with Crippen LogP contribution in [0.4, 0.5) is 5.69 Å². The quantitative estimate of drug-likeness (QED) is 0.899. The van der Waals surface area contributed by atoms with Gasteiger partial charge in [-0.05, 0) is 31.0 Å². The average Bonchev–Trinajstić information content (AvgIpc) is 3.12. The molecule has 1 aliphatic heterocycles. The molecule has 120 valence electrons. The number of oxazole rings is 1.